The molecule has 138 valence electrons. The lowest BCUT2D eigenvalue weighted by Crippen LogP contribution is -2.42. The molecule has 1 aliphatic heterocycles. The molecule has 2 heterocycles. The number of hydrogen-bond acceptors (Lipinski definition) is 6. The fourth-order valence-electron chi connectivity index (χ4n) is 2.86. The molecule has 1 aromatic heterocycles. The Morgan fingerprint density at radius 2 is 1.92 bits per heavy atom. The fourth-order valence-corrected chi connectivity index (χ4v) is 2.86. The van der Waals surface area contributed by atoms with Crippen LogP contribution in [0.2, 0.25) is 0 Å². The Balaban J connectivity index is 1.93. The average molecular weight is 349 g/mol. The highest BCUT2D eigenvalue weighted by molar-refractivity contribution is 5.92. The van der Waals surface area contributed by atoms with Gasteiger partial charge in [0.25, 0.3) is 5.91 Å². The van der Waals surface area contributed by atoms with Crippen molar-refractivity contribution in [3.63, 3.8) is 0 Å². The van der Waals surface area contributed by atoms with Crippen molar-refractivity contribution in [3.8, 4) is 0 Å². The molecular weight excluding hydrogens is 322 g/mol. The van der Waals surface area contributed by atoms with Crippen molar-refractivity contribution in [3.05, 3.63) is 18.1 Å². The highest BCUT2D eigenvalue weighted by Gasteiger charge is 2.24. The molecule has 2 amide bonds. The largest absolute Gasteiger partial charge is 0.450 e. The van der Waals surface area contributed by atoms with Gasteiger partial charge in [-0.1, -0.05) is 0 Å². The first kappa shape index (κ1) is 19.0. The summed E-state index contributed by atoms with van der Waals surface area (Å²) in [6, 6.07) is 1.90. The third-order valence-corrected chi connectivity index (χ3v) is 4.31. The van der Waals surface area contributed by atoms with Crippen LogP contribution in [0.3, 0.4) is 0 Å². The number of aromatic nitrogens is 2. The van der Waals surface area contributed by atoms with E-state index in [-0.39, 0.29) is 18.0 Å². The lowest BCUT2D eigenvalue weighted by Gasteiger charge is -2.31. The summed E-state index contributed by atoms with van der Waals surface area (Å²) >= 11 is 0. The molecule has 1 N–H and O–H groups in total. The molecule has 1 aromatic rings. The van der Waals surface area contributed by atoms with Crippen LogP contribution < -0.4 is 5.32 Å². The van der Waals surface area contributed by atoms with E-state index in [1.165, 1.54) is 6.33 Å². The molecule has 8 heteroatoms. The van der Waals surface area contributed by atoms with Gasteiger partial charge < -0.3 is 19.9 Å². The number of anilines is 1. The Morgan fingerprint density at radius 1 is 1.24 bits per heavy atom. The molecule has 8 nitrogen and oxygen atoms in total. The van der Waals surface area contributed by atoms with E-state index in [4.69, 9.17) is 4.74 Å². The highest BCUT2D eigenvalue weighted by Crippen LogP contribution is 2.16. The van der Waals surface area contributed by atoms with Crippen molar-refractivity contribution in [2.45, 2.75) is 39.7 Å². The topological polar surface area (TPSA) is 87.7 Å². The number of piperidine rings is 1. The molecule has 0 unspecified atom stereocenters. The minimum absolute atomic E-state index is 0.0902. The minimum atomic E-state index is -0.255. The number of nitrogens with zero attached hydrogens (tertiary/aromatic N) is 4. The van der Waals surface area contributed by atoms with Gasteiger partial charge in [0.15, 0.2) is 0 Å². The van der Waals surface area contributed by atoms with Gasteiger partial charge in [0.05, 0.1) is 6.61 Å². The lowest BCUT2D eigenvalue weighted by atomic mass is 10.1. The number of carbonyl (C=O) groups excluding carboxylic acids is 2. The van der Waals surface area contributed by atoms with E-state index in [1.807, 2.05) is 13.8 Å². The van der Waals surface area contributed by atoms with Gasteiger partial charge in [-0.05, 0) is 33.6 Å². The van der Waals surface area contributed by atoms with Crippen molar-refractivity contribution < 1.29 is 14.3 Å². The van der Waals surface area contributed by atoms with Crippen molar-refractivity contribution in [2.24, 2.45) is 0 Å². The van der Waals surface area contributed by atoms with Crippen molar-refractivity contribution in [1.82, 2.24) is 19.8 Å². The molecule has 0 aromatic carbocycles. The summed E-state index contributed by atoms with van der Waals surface area (Å²) in [5.41, 5.74) is 0.394. The van der Waals surface area contributed by atoms with E-state index in [1.54, 1.807) is 22.8 Å². The van der Waals surface area contributed by atoms with Crippen LogP contribution in [-0.4, -0.2) is 70.6 Å². The molecule has 1 aliphatic rings. The highest BCUT2D eigenvalue weighted by atomic mass is 16.6. The quantitative estimate of drug-likeness (QED) is 0.845. The molecule has 1 saturated heterocycles. The molecule has 0 atom stereocenters. The van der Waals surface area contributed by atoms with Crippen LogP contribution in [0.15, 0.2) is 12.4 Å². The molecule has 0 saturated carbocycles. The maximum absolute atomic E-state index is 12.4. The number of amides is 2. The van der Waals surface area contributed by atoms with E-state index in [0.29, 0.717) is 44.3 Å². The number of ether oxygens (including phenoxy) is 1. The molecule has 1 fully saturated rings. The molecule has 0 bridgehead atoms. The number of carbonyl (C=O) groups is 2. The zero-order chi connectivity index (χ0) is 18.2. The summed E-state index contributed by atoms with van der Waals surface area (Å²) in [7, 11) is 0. The number of hydrogen-bond donors (Lipinski definition) is 1. The first-order chi connectivity index (χ1) is 12.1. The standard InChI is InChI=1S/C17H27N5O3/c1-4-21(5-2)16(23)14-11-15(19-12-18-14)20-13-7-9-22(10-8-13)17(24)25-6-3/h11-13H,4-10H2,1-3H3,(H,18,19,20). The Labute approximate surface area is 148 Å². The zero-order valence-corrected chi connectivity index (χ0v) is 15.2. The Hall–Kier alpha value is -2.38. The van der Waals surface area contributed by atoms with E-state index >= 15 is 0 Å². The number of nitrogens with one attached hydrogen (secondary N) is 1. The van der Waals surface area contributed by atoms with Crippen molar-refractivity contribution >= 4 is 17.8 Å². The predicted octanol–water partition coefficient (Wildman–Crippen LogP) is 1.99. The maximum atomic E-state index is 12.4. The molecule has 0 spiro atoms. The second kappa shape index (κ2) is 9.19. The predicted molar refractivity (Wildman–Crippen MR) is 94.5 cm³/mol. The van der Waals surface area contributed by atoms with E-state index in [2.05, 4.69) is 15.3 Å². The van der Waals surface area contributed by atoms with Gasteiger partial charge in [0, 0.05) is 38.3 Å². The van der Waals surface area contributed by atoms with Crippen LogP contribution in [-0.2, 0) is 4.74 Å². The summed E-state index contributed by atoms with van der Waals surface area (Å²) in [5, 5.41) is 3.34. The molecule has 2 rings (SSSR count). The van der Waals surface area contributed by atoms with Crippen molar-refractivity contribution in [1.29, 1.82) is 0 Å². The number of likely N-dealkylation sites (tertiary alicyclic amines) is 1. The Bertz CT molecular complexity index is 583. The van der Waals surface area contributed by atoms with Gasteiger partial charge in [-0.2, -0.15) is 0 Å². The van der Waals surface area contributed by atoms with E-state index < -0.39 is 0 Å². The Morgan fingerprint density at radius 3 is 2.52 bits per heavy atom. The van der Waals surface area contributed by atoms with Gasteiger partial charge in [-0.25, -0.2) is 14.8 Å². The van der Waals surface area contributed by atoms with Crippen LogP contribution in [0.4, 0.5) is 10.6 Å². The summed E-state index contributed by atoms with van der Waals surface area (Å²) in [4.78, 5) is 35.9. The second-order valence-electron chi connectivity index (χ2n) is 5.87. The molecule has 25 heavy (non-hydrogen) atoms. The summed E-state index contributed by atoms with van der Waals surface area (Å²) in [6.07, 6.45) is 2.77. The Kier molecular flexibility index (Phi) is 6.97. The first-order valence-electron chi connectivity index (χ1n) is 8.88. The maximum Gasteiger partial charge on any atom is 0.409 e. The third-order valence-electron chi connectivity index (χ3n) is 4.31. The molecule has 0 radical (unpaired) electrons. The van der Waals surface area contributed by atoms with Gasteiger partial charge in [0.2, 0.25) is 0 Å². The van der Waals surface area contributed by atoms with Gasteiger partial charge in [-0.15, -0.1) is 0 Å². The van der Waals surface area contributed by atoms with Gasteiger partial charge in [-0.3, -0.25) is 4.79 Å². The number of rotatable bonds is 6. The van der Waals surface area contributed by atoms with E-state index in [9.17, 15) is 9.59 Å². The zero-order valence-electron chi connectivity index (χ0n) is 15.2. The van der Waals surface area contributed by atoms with Crippen LogP contribution in [0.1, 0.15) is 44.1 Å². The van der Waals surface area contributed by atoms with Crippen molar-refractivity contribution in [2.75, 3.05) is 38.1 Å². The van der Waals surface area contributed by atoms with Crippen LogP contribution in [0.25, 0.3) is 0 Å². The summed E-state index contributed by atoms with van der Waals surface area (Å²) in [5.74, 6) is 0.549. The average Bonchev–Trinajstić information content (AvgIpc) is 2.63. The fraction of sp³-hybridized carbons (Fsp3) is 0.647. The second-order valence-corrected chi connectivity index (χ2v) is 5.87. The van der Waals surface area contributed by atoms with Crippen LogP contribution in [0, 0.1) is 0 Å². The van der Waals surface area contributed by atoms with Crippen LogP contribution in [0.5, 0.6) is 0 Å². The smallest absolute Gasteiger partial charge is 0.409 e. The first-order valence-corrected chi connectivity index (χ1v) is 8.88. The molecular formula is C17H27N5O3. The van der Waals surface area contributed by atoms with E-state index in [0.717, 1.165) is 12.8 Å². The normalized spacial score (nSPS) is 14.9. The molecule has 0 aliphatic carbocycles. The van der Waals surface area contributed by atoms with Crippen LogP contribution >= 0.6 is 0 Å². The van der Waals surface area contributed by atoms with Gasteiger partial charge >= 0.3 is 6.09 Å². The summed E-state index contributed by atoms with van der Waals surface area (Å²) < 4.78 is 5.02. The third kappa shape index (κ3) is 5.04. The monoisotopic (exact) mass is 349 g/mol. The van der Waals surface area contributed by atoms with Gasteiger partial charge in [0.1, 0.15) is 17.8 Å². The SMILES string of the molecule is CCOC(=O)N1CCC(Nc2cc(C(=O)N(CC)CC)ncn2)CC1. The summed E-state index contributed by atoms with van der Waals surface area (Å²) in [6.45, 7) is 8.67. The lowest BCUT2D eigenvalue weighted by molar-refractivity contribution is 0.0766. The minimum Gasteiger partial charge on any atom is -0.450 e.